The van der Waals surface area contributed by atoms with Crippen molar-refractivity contribution >= 4 is 23.1 Å². The molecule has 0 amide bonds. The molecule has 21 heavy (non-hydrogen) atoms. The molecule has 0 spiro atoms. The number of thiocarbonyl (C=S) groups is 1. The maximum absolute atomic E-state index is 13.1. The molecule has 2 aromatic rings. The second-order valence-electron chi connectivity index (χ2n) is 4.25. The number of ether oxygens (including phenoxy) is 1. The standard InChI is InChI=1S/C15H16FN3OS/c1-2-17-15(21)19-14-13(7-4-8-18-14)20-10-11-5-3-6-12(16)9-11/h3-9H,2,10H2,1H3,(H2,17,18,19,21). The highest BCUT2D eigenvalue weighted by molar-refractivity contribution is 7.80. The van der Waals surface area contributed by atoms with Gasteiger partial charge in [-0.2, -0.15) is 0 Å². The summed E-state index contributed by atoms with van der Waals surface area (Å²) in [7, 11) is 0. The molecule has 0 saturated heterocycles. The fourth-order valence-electron chi connectivity index (χ4n) is 1.70. The largest absolute Gasteiger partial charge is 0.485 e. The van der Waals surface area contributed by atoms with Gasteiger partial charge in [-0.15, -0.1) is 0 Å². The maximum atomic E-state index is 13.1. The van der Waals surface area contributed by atoms with Crippen LogP contribution in [-0.2, 0) is 6.61 Å². The summed E-state index contributed by atoms with van der Waals surface area (Å²) < 4.78 is 18.8. The molecule has 0 aliphatic heterocycles. The van der Waals surface area contributed by atoms with Crippen LogP contribution in [-0.4, -0.2) is 16.6 Å². The lowest BCUT2D eigenvalue weighted by Crippen LogP contribution is -2.28. The van der Waals surface area contributed by atoms with Gasteiger partial charge in [-0.25, -0.2) is 9.37 Å². The molecule has 1 heterocycles. The lowest BCUT2D eigenvalue weighted by atomic mass is 10.2. The van der Waals surface area contributed by atoms with Crippen molar-refractivity contribution in [3.8, 4) is 5.75 Å². The van der Waals surface area contributed by atoms with Gasteiger partial charge in [-0.05, 0) is 49.0 Å². The molecule has 1 aromatic heterocycles. The van der Waals surface area contributed by atoms with Gasteiger partial charge in [0.1, 0.15) is 12.4 Å². The first-order chi connectivity index (χ1) is 10.2. The van der Waals surface area contributed by atoms with Gasteiger partial charge in [-0.1, -0.05) is 12.1 Å². The van der Waals surface area contributed by atoms with Crippen molar-refractivity contribution in [1.29, 1.82) is 0 Å². The fraction of sp³-hybridized carbons (Fsp3) is 0.200. The number of aromatic nitrogens is 1. The van der Waals surface area contributed by atoms with Crippen LogP contribution in [0.15, 0.2) is 42.6 Å². The number of halogens is 1. The number of nitrogens with one attached hydrogen (secondary N) is 2. The zero-order valence-electron chi connectivity index (χ0n) is 11.6. The first kappa shape index (κ1) is 15.2. The smallest absolute Gasteiger partial charge is 0.174 e. The highest BCUT2D eigenvalue weighted by atomic mass is 32.1. The topological polar surface area (TPSA) is 46.2 Å². The first-order valence-electron chi connectivity index (χ1n) is 6.56. The molecule has 2 rings (SSSR count). The number of hydrogen-bond donors (Lipinski definition) is 2. The van der Waals surface area contributed by atoms with E-state index in [0.717, 1.165) is 12.1 Å². The molecule has 0 saturated carbocycles. The van der Waals surface area contributed by atoms with Crippen molar-refractivity contribution in [3.63, 3.8) is 0 Å². The van der Waals surface area contributed by atoms with Crippen LogP contribution >= 0.6 is 12.2 Å². The minimum atomic E-state index is -0.283. The number of benzene rings is 1. The molecular weight excluding hydrogens is 289 g/mol. The molecule has 110 valence electrons. The van der Waals surface area contributed by atoms with E-state index in [-0.39, 0.29) is 12.4 Å². The van der Waals surface area contributed by atoms with Gasteiger partial charge in [0.05, 0.1) is 0 Å². The van der Waals surface area contributed by atoms with Crippen LogP contribution in [0.3, 0.4) is 0 Å². The quantitative estimate of drug-likeness (QED) is 0.831. The average Bonchev–Trinajstić information content (AvgIpc) is 2.47. The first-order valence-corrected chi connectivity index (χ1v) is 6.97. The molecule has 6 heteroatoms. The van der Waals surface area contributed by atoms with Gasteiger partial charge >= 0.3 is 0 Å². The van der Waals surface area contributed by atoms with Crippen molar-refractivity contribution in [2.75, 3.05) is 11.9 Å². The van der Waals surface area contributed by atoms with Crippen molar-refractivity contribution in [2.45, 2.75) is 13.5 Å². The molecule has 1 aromatic carbocycles. The van der Waals surface area contributed by atoms with Crippen molar-refractivity contribution in [1.82, 2.24) is 10.3 Å². The summed E-state index contributed by atoms with van der Waals surface area (Å²) in [6.45, 7) is 2.93. The number of hydrogen-bond acceptors (Lipinski definition) is 3. The van der Waals surface area contributed by atoms with E-state index in [1.165, 1.54) is 12.1 Å². The van der Waals surface area contributed by atoms with E-state index in [1.807, 2.05) is 6.92 Å². The SMILES string of the molecule is CCNC(=S)Nc1ncccc1OCc1cccc(F)c1. The average molecular weight is 305 g/mol. The molecule has 4 nitrogen and oxygen atoms in total. The van der Waals surface area contributed by atoms with E-state index in [2.05, 4.69) is 15.6 Å². The third-order valence-corrected chi connectivity index (χ3v) is 2.87. The predicted octanol–water partition coefficient (Wildman–Crippen LogP) is 3.11. The fourth-order valence-corrected chi connectivity index (χ4v) is 1.94. The Balaban J connectivity index is 2.04. The maximum Gasteiger partial charge on any atom is 0.174 e. The molecule has 0 atom stereocenters. The minimum absolute atomic E-state index is 0.256. The highest BCUT2D eigenvalue weighted by Crippen LogP contribution is 2.22. The summed E-state index contributed by atoms with van der Waals surface area (Å²) in [5, 5.41) is 6.43. The van der Waals surface area contributed by atoms with Crippen molar-refractivity contribution in [3.05, 3.63) is 54.0 Å². The Bertz CT molecular complexity index is 621. The Labute approximate surface area is 128 Å². The summed E-state index contributed by atoms with van der Waals surface area (Å²) in [6, 6.07) is 9.83. The van der Waals surface area contributed by atoms with E-state index in [9.17, 15) is 4.39 Å². The van der Waals surface area contributed by atoms with Gasteiger partial charge in [0.25, 0.3) is 0 Å². The number of rotatable bonds is 5. The highest BCUT2D eigenvalue weighted by Gasteiger charge is 2.06. The molecule has 0 aliphatic rings. The number of nitrogens with zero attached hydrogens (tertiary/aromatic N) is 1. The molecule has 0 unspecified atom stereocenters. The lowest BCUT2D eigenvalue weighted by molar-refractivity contribution is 0.306. The summed E-state index contributed by atoms with van der Waals surface area (Å²) in [5.74, 6) is 0.802. The molecular formula is C15H16FN3OS. The summed E-state index contributed by atoms with van der Waals surface area (Å²) in [6.07, 6.45) is 1.64. The third kappa shape index (κ3) is 4.68. The van der Waals surface area contributed by atoms with Crippen molar-refractivity contribution < 1.29 is 9.13 Å². The molecule has 0 bridgehead atoms. The van der Waals surface area contributed by atoms with Gasteiger partial charge in [0.2, 0.25) is 0 Å². The molecule has 0 fully saturated rings. The second kappa shape index (κ2) is 7.54. The Morgan fingerprint density at radius 1 is 1.33 bits per heavy atom. The van der Waals surface area contributed by atoms with Gasteiger partial charge in [-0.3, -0.25) is 0 Å². The second-order valence-corrected chi connectivity index (χ2v) is 4.66. The molecule has 0 aliphatic carbocycles. The van der Waals surface area contributed by atoms with Gasteiger partial charge in [0.15, 0.2) is 16.7 Å². The van der Waals surface area contributed by atoms with Crippen LogP contribution in [0.25, 0.3) is 0 Å². The van der Waals surface area contributed by atoms with Crippen LogP contribution in [0.2, 0.25) is 0 Å². The predicted molar refractivity (Wildman–Crippen MR) is 84.9 cm³/mol. The Kier molecular flexibility index (Phi) is 5.45. The lowest BCUT2D eigenvalue weighted by Gasteiger charge is -2.13. The Hall–Kier alpha value is -2.21. The van der Waals surface area contributed by atoms with Crippen LogP contribution in [0, 0.1) is 5.82 Å². The Morgan fingerprint density at radius 3 is 2.95 bits per heavy atom. The van der Waals surface area contributed by atoms with Crippen LogP contribution in [0.1, 0.15) is 12.5 Å². The van der Waals surface area contributed by atoms with Crippen molar-refractivity contribution in [2.24, 2.45) is 0 Å². The summed E-state index contributed by atoms with van der Waals surface area (Å²) in [4.78, 5) is 4.19. The Morgan fingerprint density at radius 2 is 2.19 bits per heavy atom. The zero-order chi connectivity index (χ0) is 15.1. The zero-order valence-corrected chi connectivity index (χ0v) is 12.4. The van der Waals surface area contributed by atoms with Gasteiger partial charge < -0.3 is 15.4 Å². The van der Waals surface area contributed by atoms with Gasteiger partial charge in [0, 0.05) is 12.7 Å². The molecule has 0 radical (unpaired) electrons. The summed E-state index contributed by atoms with van der Waals surface area (Å²) in [5.41, 5.74) is 0.749. The van der Waals surface area contributed by atoms with Crippen LogP contribution in [0.5, 0.6) is 5.75 Å². The number of anilines is 1. The monoisotopic (exact) mass is 305 g/mol. The molecule has 2 N–H and O–H groups in total. The minimum Gasteiger partial charge on any atom is -0.485 e. The number of pyridine rings is 1. The normalized spacial score (nSPS) is 10.0. The van der Waals surface area contributed by atoms with Crippen LogP contribution < -0.4 is 15.4 Å². The van der Waals surface area contributed by atoms with E-state index >= 15 is 0 Å². The van der Waals surface area contributed by atoms with E-state index < -0.39 is 0 Å². The van der Waals surface area contributed by atoms with E-state index in [0.29, 0.717) is 16.7 Å². The van der Waals surface area contributed by atoms with E-state index in [4.69, 9.17) is 17.0 Å². The van der Waals surface area contributed by atoms with E-state index in [1.54, 1.807) is 30.5 Å². The summed E-state index contributed by atoms with van der Waals surface area (Å²) >= 11 is 5.12. The third-order valence-electron chi connectivity index (χ3n) is 2.62. The van der Waals surface area contributed by atoms with Crippen LogP contribution in [0.4, 0.5) is 10.2 Å².